The second-order valence-electron chi connectivity index (χ2n) is 3.95. The first-order valence-electron chi connectivity index (χ1n) is 5.96. The zero-order chi connectivity index (χ0) is 16.9. The van der Waals surface area contributed by atoms with Gasteiger partial charge in [0.1, 0.15) is 0 Å². The Balaban J connectivity index is 3.27. The maximum Gasteiger partial charge on any atom is 0.574 e. The smallest absolute Gasteiger partial charge is 0.466 e. The molecule has 10 heteroatoms. The topological polar surface area (TPSA) is 48.4 Å². The second kappa shape index (κ2) is 7.57. The number of esters is 1. The fraction of sp³-hybridized carbons (Fsp3) is 0.500. The van der Waals surface area contributed by atoms with Crippen LogP contribution in [0.2, 0.25) is 0 Å². The van der Waals surface area contributed by atoms with Gasteiger partial charge in [0.15, 0.2) is 0 Å². The molecule has 0 bridgehead atoms. The number of nitrogens with zero attached hydrogens (tertiary/aromatic N) is 1. The van der Waals surface area contributed by atoms with Crippen LogP contribution in [-0.4, -0.2) is 23.9 Å². The molecule has 0 saturated carbocycles. The van der Waals surface area contributed by atoms with Crippen molar-refractivity contribution < 1.29 is 36.2 Å². The average molecular weight is 348 g/mol. The molecule has 0 saturated heterocycles. The van der Waals surface area contributed by atoms with Crippen LogP contribution in [0.4, 0.5) is 22.0 Å². The van der Waals surface area contributed by atoms with Crippen molar-refractivity contribution in [3.05, 3.63) is 22.9 Å². The number of carbonyl (C=O) groups is 1. The molecule has 0 aliphatic rings. The Hall–Kier alpha value is -1.64. The van der Waals surface area contributed by atoms with E-state index in [1.165, 1.54) is 6.92 Å². The summed E-state index contributed by atoms with van der Waals surface area (Å²) < 4.78 is 71.1. The summed E-state index contributed by atoms with van der Waals surface area (Å²) in [6.07, 6.45) is -8.80. The van der Waals surface area contributed by atoms with Crippen LogP contribution in [0.5, 0.6) is 5.88 Å². The molecule has 1 aromatic rings. The molecular weight excluding hydrogens is 337 g/mol. The Kier molecular flexibility index (Phi) is 6.34. The van der Waals surface area contributed by atoms with Crippen molar-refractivity contribution in [3.63, 3.8) is 0 Å². The van der Waals surface area contributed by atoms with Crippen LogP contribution in [0.25, 0.3) is 0 Å². The molecule has 0 aromatic carbocycles. The van der Waals surface area contributed by atoms with Crippen LogP contribution in [-0.2, 0) is 21.8 Å². The van der Waals surface area contributed by atoms with E-state index in [1.54, 1.807) is 0 Å². The highest BCUT2D eigenvalue weighted by Crippen LogP contribution is 2.33. The molecule has 0 amide bonds. The predicted octanol–water partition coefficient (Wildman–Crippen LogP) is 3.76. The van der Waals surface area contributed by atoms with E-state index < -0.39 is 48.1 Å². The third-order valence-corrected chi connectivity index (χ3v) is 2.65. The largest absolute Gasteiger partial charge is 0.574 e. The zero-order valence-electron chi connectivity index (χ0n) is 11.2. The molecule has 0 spiro atoms. The van der Waals surface area contributed by atoms with Crippen LogP contribution in [0.15, 0.2) is 6.07 Å². The first-order valence-corrected chi connectivity index (χ1v) is 6.49. The summed E-state index contributed by atoms with van der Waals surface area (Å²) in [5, 5.41) is 0. The summed E-state index contributed by atoms with van der Waals surface area (Å²) >= 11 is 5.41. The summed E-state index contributed by atoms with van der Waals surface area (Å²) in [6, 6.07) is 0.808. The molecule has 1 aromatic heterocycles. The number of aromatic nitrogens is 1. The molecule has 4 nitrogen and oxygen atoms in total. The maximum absolute atomic E-state index is 13.0. The van der Waals surface area contributed by atoms with Crippen molar-refractivity contribution in [1.29, 1.82) is 0 Å². The van der Waals surface area contributed by atoms with Gasteiger partial charge in [-0.1, -0.05) is 0 Å². The third-order valence-electron chi connectivity index (χ3n) is 2.39. The van der Waals surface area contributed by atoms with E-state index in [-0.39, 0.29) is 12.3 Å². The third kappa shape index (κ3) is 5.28. The first-order chi connectivity index (χ1) is 10.2. The van der Waals surface area contributed by atoms with Gasteiger partial charge in [-0.2, -0.15) is 0 Å². The minimum atomic E-state index is -5.13. The zero-order valence-corrected chi connectivity index (χ0v) is 12.0. The fourth-order valence-electron chi connectivity index (χ4n) is 1.59. The van der Waals surface area contributed by atoms with Crippen molar-refractivity contribution in [1.82, 2.24) is 4.98 Å². The van der Waals surface area contributed by atoms with Crippen LogP contribution in [0, 0.1) is 0 Å². The van der Waals surface area contributed by atoms with Gasteiger partial charge >= 0.3 is 12.3 Å². The number of carbonyl (C=O) groups excluding carboxylic acids is 1. The highest BCUT2D eigenvalue weighted by molar-refractivity contribution is 6.17. The van der Waals surface area contributed by atoms with Gasteiger partial charge in [0, 0.05) is 11.1 Å². The molecule has 0 radical (unpaired) electrons. The Morgan fingerprint density at radius 3 is 2.50 bits per heavy atom. The minimum absolute atomic E-state index is 0.0339. The normalized spacial score (nSPS) is 11.6. The fourth-order valence-corrected chi connectivity index (χ4v) is 1.86. The van der Waals surface area contributed by atoms with Gasteiger partial charge in [0.25, 0.3) is 6.43 Å². The lowest BCUT2D eigenvalue weighted by Gasteiger charge is -2.15. The molecule has 22 heavy (non-hydrogen) atoms. The van der Waals surface area contributed by atoms with Gasteiger partial charge in [-0.25, -0.2) is 13.8 Å². The van der Waals surface area contributed by atoms with Crippen molar-refractivity contribution in [2.24, 2.45) is 0 Å². The van der Waals surface area contributed by atoms with Crippen molar-refractivity contribution in [2.75, 3.05) is 6.61 Å². The predicted molar refractivity (Wildman–Crippen MR) is 65.8 cm³/mol. The van der Waals surface area contributed by atoms with Crippen LogP contribution < -0.4 is 4.74 Å². The van der Waals surface area contributed by atoms with Gasteiger partial charge in [-0.3, -0.25) is 4.79 Å². The highest BCUT2D eigenvalue weighted by Gasteiger charge is 2.34. The highest BCUT2D eigenvalue weighted by atomic mass is 35.5. The van der Waals surface area contributed by atoms with Gasteiger partial charge < -0.3 is 9.47 Å². The van der Waals surface area contributed by atoms with Gasteiger partial charge in [-0.15, -0.1) is 24.8 Å². The quantitative estimate of drug-likeness (QED) is 0.446. The van der Waals surface area contributed by atoms with Crippen LogP contribution >= 0.6 is 11.6 Å². The summed E-state index contributed by atoms with van der Waals surface area (Å²) in [7, 11) is 0. The molecule has 124 valence electrons. The Labute approximate surface area is 127 Å². The minimum Gasteiger partial charge on any atom is -0.466 e. The van der Waals surface area contributed by atoms with Gasteiger partial charge in [-0.05, 0) is 13.0 Å². The average Bonchev–Trinajstić information content (AvgIpc) is 2.36. The van der Waals surface area contributed by atoms with E-state index in [2.05, 4.69) is 14.5 Å². The molecule has 0 aliphatic carbocycles. The number of halogens is 6. The lowest BCUT2D eigenvalue weighted by molar-refractivity contribution is -0.276. The summed E-state index contributed by atoms with van der Waals surface area (Å²) in [5.41, 5.74) is -1.69. The van der Waals surface area contributed by atoms with Crippen molar-refractivity contribution in [2.45, 2.75) is 32.0 Å². The molecule has 1 rings (SSSR count). The molecule has 1 heterocycles. The standard InChI is InChI=1S/C12H11ClF5NO3/c1-2-21-9(20)4-6-3-7(10(14)15)8(5-13)11(19-6)22-12(16,17)18/h3,10H,2,4-5H2,1H3. The lowest BCUT2D eigenvalue weighted by atomic mass is 10.1. The number of alkyl halides is 6. The summed E-state index contributed by atoms with van der Waals surface area (Å²) in [5.74, 6) is -2.57. The molecule has 0 unspecified atom stereocenters. The SMILES string of the molecule is CCOC(=O)Cc1cc(C(F)F)c(CCl)c(OC(F)(F)F)n1. The lowest BCUT2D eigenvalue weighted by Crippen LogP contribution is -2.20. The van der Waals surface area contributed by atoms with Crippen LogP contribution in [0.3, 0.4) is 0 Å². The Morgan fingerprint density at radius 2 is 2.05 bits per heavy atom. The summed E-state index contributed by atoms with van der Waals surface area (Å²) in [6.45, 7) is 1.55. The van der Waals surface area contributed by atoms with E-state index >= 15 is 0 Å². The Morgan fingerprint density at radius 1 is 1.41 bits per heavy atom. The maximum atomic E-state index is 13.0. The number of ether oxygens (including phenoxy) is 2. The molecule has 0 atom stereocenters. The number of hydrogen-bond donors (Lipinski definition) is 0. The summed E-state index contributed by atoms with van der Waals surface area (Å²) in [4.78, 5) is 14.7. The van der Waals surface area contributed by atoms with E-state index in [9.17, 15) is 26.7 Å². The second-order valence-corrected chi connectivity index (χ2v) is 4.22. The molecule has 0 aliphatic heterocycles. The molecule has 0 N–H and O–H groups in total. The first kappa shape index (κ1) is 18.4. The van der Waals surface area contributed by atoms with Crippen LogP contribution in [0.1, 0.15) is 30.2 Å². The van der Waals surface area contributed by atoms with E-state index in [1.807, 2.05) is 0 Å². The van der Waals surface area contributed by atoms with E-state index in [0.717, 1.165) is 6.07 Å². The van der Waals surface area contributed by atoms with E-state index in [0.29, 0.717) is 0 Å². The Bertz CT molecular complexity index is 536. The molecule has 0 fully saturated rings. The monoisotopic (exact) mass is 347 g/mol. The van der Waals surface area contributed by atoms with Gasteiger partial charge in [0.2, 0.25) is 5.88 Å². The van der Waals surface area contributed by atoms with E-state index in [4.69, 9.17) is 11.6 Å². The number of pyridine rings is 1. The van der Waals surface area contributed by atoms with Crippen molar-refractivity contribution >= 4 is 17.6 Å². The van der Waals surface area contributed by atoms with Gasteiger partial charge in [0.05, 0.1) is 24.6 Å². The number of hydrogen-bond acceptors (Lipinski definition) is 4. The van der Waals surface area contributed by atoms with Crippen molar-refractivity contribution in [3.8, 4) is 5.88 Å². The molecular formula is C12H11ClF5NO3. The number of rotatable bonds is 6.